The van der Waals surface area contributed by atoms with Crippen LogP contribution in [0.5, 0.6) is 0 Å². The van der Waals surface area contributed by atoms with Gasteiger partial charge in [-0.3, -0.25) is 14.9 Å². The van der Waals surface area contributed by atoms with Crippen molar-refractivity contribution in [3.8, 4) is 0 Å². The second-order valence-corrected chi connectivity index (χ2v) is 5.29. The monoisotopic (exact) mass is 304 g/mol. The van der Waals surface area contributed by atoms with E-state index < -0.39 is 4.92 Å². The third-order valence-electron chi connectivity index (χ3n) is 3.70. The molecule has 1 unspecified atom stereocenters. The number of carbonyl (C=O) groups is 1. The van der Waals surface area contributed by atoms with Crippen LogP contribution >= 0.6 is 0 Å². The number of carbonyl (C=O) groups excluding carboxylic acids is 1. The second kappa shape index (κ2) is 8.97. The molecule has 120 valence electrons. The van der Waals surface area contributed by atoms with Crippen LogP contribution in [0.3, 0.4) is 0 Å². The summed E-state index contributed by atoms with van der Waals surface area (Å²) in [4.78, 5) is 24.7. The maximum atomic E-state index is 12.4. The minimum Gasteiger partial charge on any atom is -0.336 e. The summed E-state index contributed by atoms with van der Waals surface area (Å²) >= 11 is 0. The molecular weight excluding hydrogens is 280 g/mol. The van der Waals surface area contributed by atoms with Crippen molar-refractivity contribution in [2.24, 2.45) is 0 Å². The van der Waals surface area contributed by atoms with E-state index in [1.165, 1.54) is 18.2 Å². The zero-order valence-corrected chi connectivity index (χ0v) is 13.5. The van der Waals surface area contributed by atoms with E-state index in [9.17, 15) is 14.9 Å². The number of nitro groups is 1. The van der Waals surface area contributed by atoms with Gasteiger partial charge in [0, 0.05) is 24.7 Å². The first-order valence-electron chi connectivity index (χ1n) is 7.73. The number of hydrogen-bond donors (Lipinski definition) is 0. The fraction of sp³-hybridized carbons (Fsp3) is 0.471. The van der Waals surface area contributed by atoms with Gasteiger partial charge in [-0.15, -0.1) is 0 Å². The summed E-state index contributed by atoms with van der Waals surface area (Å²) in [6.07, 6.45) is 5.82. The van der Waals surface area contributed by atoms with E-state index in [0.29, 0.717) is 12.1 Å². The summed E-state index contributed by atoms with van der Waals surface area (Å²) in [5.41, 5.74) is 0.454. The molecule has 0 spiro atoms. The number of rotatable bonds is 8. The lowest BCUT2D eigenvalue weighted by molar-refractivity contribution is -0.385. The van der Waals surface area contributed by atoms with Crippen LogP contribution in [-0.4, -0.2) is 28.3 Å². The fourth-order valence-electron chi connectivity index (χ4n) is 2.15. The highest BCUT2D eigenvalue weighted by Crippen LogP contribution is 2.19. The minimum absolute atomic E-state index is 0.00944. The number of nitro benzene ring substituents is 1. The van der Waals surface area contributed by atoms with Crippen molar-refractivity contribution in [1.82, 2.24) is 4.90 Å². The number of nitrogens with zero attached hydrogens (tertiary/aromatic N) is 2. The molecule has 0 fully saturated rings. The van der Waals surface area contributed by atoms with Crippen LogP contribution in [0.15, 0.2) is 30.3 Å². The summed E-state index contributed by atoms with van der Waals surface area (Å²) in [5.74, 6) is -0.0963. The van der Waals surface area contributed by atoms with Crippen LogP contribution < -0.4 is 0 Å². The normalized spacial score (nSPS) is 12.3. The second-order valence-electron chi connectivity index (χ2n) is 5.29. The first-order valence-corrected chi connectivity index (χ1v) is 7.73. The van der Waals surface area contributed by atoms with Crippen LogP contribution in [0.4, 0.5) is 5.69 Å². The van der Waals surface area contributed by atoms with E-state index in [1.807, 2.05) is 18.7 Å². The van der Waals surface area contributed by atoms with Crippen molar-refractivity contribution in [3.63, 3.8) is 0 Å². The maximum absolute atomic E-state index is 12.4. The fourth-order valence-corrected chi connectivity index (χ4v) is 2.15. The van der Waals surface area contributed by atoms with E-state index in [1.54, 1.807) is 18.2 Å². The number of unbranched alkanes of at least 4 members (excludes halogenated alkanes) is 1. The average molecular weight is 304 g/mol. The number of hydrogen-bond acceptors (Lipinski definition) is 3. The molecule has 1 aromatic rings. The molecule has 0 saturated carbocycles. The lowest BCUT2D eigenvalue weighted by atomic mass is 10.1. The predicted molar refractivity (Wildman–Crippen MR) is 88.5 cm³/mol. The Morgan fingerprint density at radius 2 is 2.05 bits per heavy atom. The third-order valence-corrected chi connectivity index (χ3v) is 3.70. The van der Waals surface area contributed by atoms with Crippen LogP contribution in [0.2, 0.25) is 0 Å². The van der Waals surface area contributed by atoms with Gasteiger partial charge >= 0.3 is 0 Å². The van der Waals surface area contributed by atoms with Crippen molar-refractivity contribution in [2.45, 2.75) is 46.1 Å². The van der Waals surface area contributed by atoms with Crippen molar-refractivity contribution in [3.05, 3.63) is 46.0 Å². The Hall–Kier alpha value is -2.17. The van der Waals surface area contributed by atoms with Gasteiger partial charge in [-0.25, -0.2) is 0 Å². The van der Waals surface area contributed by atoms with Gasteiger partial charge in [-0.2, -0.15) is 0 Å². The minimum atomic E-state index is -0.437. The van der Waals surface area contributed by atoms with Crippen molar-refractivity contribution >= 4 is 17.7 Å². The average Bonchev–Trinajstić information content (AvgIpc) is 2.53. The molecule has 5 nitrogen and oxygen atoms in total. The molecule has 1 atom stereocenters. The van der Waals surface area contributed by atoms with Crippen molar-refractivity contribution < 1.29 is 9.72 Å². The van der Waals surface area contributed by atoms with E-state index in [4.69, 9.17) is 0 Å². The highest BCUT2D eigenvalue weighted by molar-refractivity contribution is 5.92. The molecule has 0 saturated heterocycles. The largest absolute Gasteiger partial charge is 0.336 e. The Kier molecular flexibility index (Phi) is 7.29. The molecule has 0 aliphatic heterocycles. The van der Waals surface area contributed by atoms with Crippen LogP contribution in [0.1, 0.15) is 45.6 Å². The molecule has 0 radical (unpaired) electrons. The highest BCUT2D eigenvalue weighted by atomic mass is 16.6. The quantitative estimate of drug-likeness (QED) is 0.414. The number of benzene rings is 1. The summed E-state index contributed by atoms with van der Waals surface area (Å²) in [6, 6.07) is 6.58. The maximum Gasteiger partial charge on any atom is 0.276 e. The summed E-state index contributed by atoms with van der Waals surface area (Å²) in [5, 5.41) is 11.0. The van der Waals surface area contributed by atoms with Gasteiger partial charge in [0.25, 0.3) is 5.69 Å². The van der Waals surface area contributed by atoms with Crippen LogP contribution in [0, 0.1) is 10.1 Å². The number of amides is 1. The molecule has 1 amide bonds. The van der Waals surface area contributed by atoms with Gasteiger partial charge in [0.1, 0.15) is 0 Å². The Balaban J connectivity index is 2.91. The van der Waals surface area contributed by atoms with Crippen LogP contribution in [-0.2, 0) is 4.79 Å². The molecule has 0 aliphatic carbocycles. The standard InChI is InChI=1S/C17H24N2O3/c1-4-6-13-18(14(3)5-2)17(20)12-11-15-9-7-8-10-16(15)19(21)22/h7-12,14H,4-6,13H2,1-3H3. The van der Waals surface area contributed by atoms with E-state index in [0.717, 1.165) is 19.3 Å². The van der Waals surface area contributed by atoms with Crippen LogP contribution in [0.25, 0.3) is 6.08 Å². The van der Waals surface area contributed by atoms with Gasteiger partial charge in [-0.05, 0) is 31.9 Å². The molecule has 1 rings (SSSR count). The summed E-state index contributed by atoms with van der Waals surface area (Å²) in [6.45, 7) is 6.86. The first-order chi connectivity index (χ1) is 10.5. The molecule has 1 aromatic carbocycles. The molecule has 5 heteroatoms. The predicted octanol–water partition coefficient (Wildman–Crippen LogP) is 4.04. The SMILES string of the molecule is CCCCN(C(=O)C=Cc1ccccc1[N+](=O)[O-])C(C)CC. The lowest BCUT2D eigenvalue weighted by Crippen LogP contribution is -2.37. The summed E-state index contributed by atoms with van der Waals surface area (Å²) in [7, 11) is 0. The first kappa shape index (κ1) is 17.9. The Morgan fingerprint density at radius 3 is 2.64 bits per heavy atom. The van der Waals surface area contributed by atoms with Gasteiger partial charge in [-0.1, -0.05) is 32.4 Å². The molecular formula is C17H24N2O3. The van der Waals surface area contributed by atoms with Gasteiger partial charge < -0.3 is 4.90 Å². The molecule has 0 heterocycles. The zero-order valence-electron chi connectivity index (χ0n) is 13.5. The summed E-state index contributed by atoms with van der Waals surface area (Å²) < 4.78 is 0. The van der Waals surface area contributed by atoms with E-state index in [-0.39, 0.29) is 17.6 Å². The third kappa shape index (κ3) is 4.98. The molecule has 0 aliphatic rings. The molecule has 0 N–H and O–H groups in total. The topological polar surface area (TPSA) is 63.5 Å². The van der Waals surface area contributed by atoms with Gasteiger partial charge in [0.05, 0.1) is 10.5 Å². The smallest absolute Gasteiger partial charge is 0.276 e. The van der Waals surface area contributed by atoms with E-state index >= 15 is 0 Å². The zero-order chi connectivity index (χ0) is 16.5. The molecule has 0 aromatic heterocycles. The van der Waals surface area contributed by atoms with Crippen molar-refractivity contribution in [1.29, 1.82) is 0 Å². The highest BCUT2D eigenvalue weighted by Gasteiger charge is 2.16. The molecule has 22 heavy (non-hydrogen) atoms. The Labute approximate surface area is 131 Å². The Bertz CT molecular complexity index is 540. The van der Waals surface area contributed by atoms with E-state index in [2.05, 4.69) is 6.92 Å². The Morgan fingerprint density at radius 1 is 1.36 bits per heavy atom. The van der Waals surface area contributed by atoms with Gasteiger partial charge in [0.2, 0.25) is 5.91 Å². The number of para-hydroxylation sites is 1. The van der Waals surface area contributed by atoms with Crippen molar-refractivity contribution in [2.75, 3.05) is 6.54 Å². The van der Waals surface area contributed by atoms with Gasteiger partial charge in [0.15, 0.2) is 0 Å². The lowest BCUT2D eigenvalue weighted by Gasteiger charge is -2.27. The molecule has 0 bridgehead atoms.